The summed E-state index contributed by atoms with van der Waals surface area (Å²) in [6, 6.07) is 4.09. The second kappa shape index (κ2) is 5.58. The van der Waals surface area contributed by atoms with Crippen LogP contribution in [0.5, 0.6) is 0 Å². The van der Waals surface area contributed by atoms with E-state index in [-0.39, 0.29) is 4.87 Å². The van der Waals surface area contributed by atoms with Crippen LogP contribution in [0.25, 0.3) is 10.6 Å². The normalized spacial score (nSPS) is 17.9. The van der Waals surface area contributed by atoms with Crippen molar-refractivity contribution < 1.29 is 0 Å². The first-order valence-electron chi connectivity index (χ1n) is 6.39. The number of rotatable bonds is 3. The Balaban J connectivity index is 1.79. The third-order valence-electron chi connectivity index (χ3n) is 3.45. The second-order valence-electron chi connectivity index (χ2n) is 4.87. The van der Waals surface area contributed by atoms with Crippen molar-refractivity contribution in [1.29, 1.82) is 0 Å². The maximum Gasteiger partial charge on any atom is 0.305 e. The lowest BCUT2D eigenvalue weighted by Gasteiger charge is -2.32. The number of hydrogen-bond donors (Lipinski definition) is 1. The number of H-pyrrole nitrogens is 1. The molecule has 0 bridgehead atoms. The molecule has 0 spiro atoms. The molecule has 1 fully saturated rings. The number of likely N-dealkylation sites (N-methyl/N-ethyl adjacent to an activating group) is 1. The molecule has 2 aromatic heterocycles. The lowest BCUT2D eigenvalue weighted by atomic mass is 10.2. The monoisotopic (exact) mass is 295 g/mol. The fourth-order valence-corrected chi connectivity index (χ4v) is 4.01. The SMILES string of the molecule is CN1CCN(Cc2sc(=O)[nH]c2-c2cccs2)CC1. The molecule has 102 valence electrons. The van der Waals surface area contributed by atoms with Crippen LogP contribution in [0.1, 0.15) is 4.88 Å². The largest absolute Gasteiger partial charge is 0.311 e. The maximum absolute atomic E-state index is 11.6. The highest BCUT2D eigenvalue weighted by Gasteiger charge is 2.18. The van der Waals surface area contributed by atoms with E-state index in [9.17, 15) is 4.79 Å². The van der Waals surface area contributed by atoms with E-state index in [1.54, 1.807) is 11.3 Å². The van der Waals surface area contributed by atoms with Gasteiger partial charge < -0.3 is 9.88 Å². The highest BCUT2D eigenvalue weighted by Crippen LogP contribution is 2.28. The van der Waals surface area contributed by atoms with Crippen LogP contribution in [0.2, 0.25) is 0 Å². The summed E-state index contributed by atoms with van der Waals surface area (Å²) in [5.74, 6) is 0. The summed E-state index contributed by atoms with van der Waals surface area (Å²) in [6.45, 7) is 5.24. The number of nitrogens with one attached hydrogen (secondary N) is 1. The summed E-state index contributed by atoms with van der Waals surface area (Å²) in [5, 5.41) is 2.05. The topological polar surface area (TPSA) is 39.3 Å². The van der Waals surface area contributed by atoms with Crippen molar-refractivity contribution in [3.63, 3.8) is 0 Å². The Morgan fingerprint density at radius 2 is 2.11 bits per heavy atom. The van der Waals surface area contributed by atoms with Crippen molar-refractivity contribution >= 4 is 22.7 Å². The molecule has 0 amide bonds. The summed E-state index contributed by atoms with van der Waals surface area (Å²) in [5.41, 5.74) is 1.02. The number of hydrogen-bond acceptors (Lipinski definition) is 5. The van der Waals surface area contributed by atoms with E-state index in [0.717, 1.165) is 48.2 Å². The van der Waals surface area contributed by atoms with E-state index in [2.05, 4.69) is 27.9 Å². The van der Waals surface area contributed by atoms with E-state index in [0.29, 0.717) is 0 Å². The Hall–Kier alpha value is -0.950. The zero-order valence-corrected chi connectivity index (χ0v) is 12.5. The molecular weight excluding hydrogens is 278 g/mol. The van der Waals surface area contributed by atoms with Crippen molar-refractivity contribution in [2.45, 2.75) is 6.54 Å². The summed E-state index contributed by atoms with van der Waals surface area (Å²) < 4.78 is 0. The Bertz CT molecular complexity index is 579. The standard InChI is InChI=1S/C13H17N3OS2/c1-15-4-6-16(7-5-15)9-11-12(14-13(17)19-11)10-3-2-8-18-10/h2-3,8H,4-7,9H2,1H3,(H,14,17). The predicted molar refractivity (Wildman–Crippen MR) is 81.0 cm³/mol. The molecule has 3 heterocycles. The molecule has 0 atom stereocenters. The van der Waals surface area contributed by atoms with E-state index in [4.69, 9.17) is 0 Å². The smallest absolute Gasteiger partial charge is 0.305 e. The molecule has 0 aliphatic carbocycles. The van der Waals surface area contributed by atoms with Gasteiger partial charge in [-0.25, -0.2) is 0 Å². The molecule has 0 aromatic carbocycles. The van der Waals surface area contributed by atoms with Crippen LogP contribution in [0.3, 0.4) is 0 Å². The first-order chi connectivity index (χ1) is 9.22. The van der Waals surface area contributed by atoms with Crippen LogP contribution in [0.15, 0.2) is 22.3 Å². The third kappa shape index (κ3) is 2.97. The van der Waals surface area contributed by atoms with Gasteiger partial charge in [-0.05, 0) is 18.5 Å². The van der Waals surface area contributed by atoms with Crippen molar-refractivity contribution in [3.8, 4) is 10.6 Å². The van der Waals surface area contributed by atoms with Gasteiger partial charge in [0.15, 0.2) is 0 Å². The van der Waals surface area contributed by atoms with Crippen molar-refractivity contribution in [1.82, 2.24) is 14.8 Å². The number of piperazine rings is 1. The predicted octanol–water partition coefficient (Wildman–Crippen LogP) is 1.91. The molecule has 19 heavy (non-hydrogen) atoms. The first kappa shape index (κ1) is 13.1. The Morgan fingerprint density at radius 1 is 1.32 bits per heavy atom. The van der Waals surface area contributed by atoms with Crippen LogP contribution in [-0.4, -0.2) is 48.0 Å². The molecule has 1 saturated heterocycles. The molecule has 1 N–H and O–H groups in total. The van der Waals surface area contributed by atoms with E-state index >= 15 is 0 Å². The first-order valence-corrected chi connectivity index (χ1v) is 8.09. The van der Waals surface area contributed by atoms with Crippen LogP contribution < -0.4 is 4.87 Å². The fraction of sp³-hybridized carbons (Fsp3) is 0.462. The van der Waals surface area contributed by atoms with Gasteiger partial charge in [-0.3, -0.25) is 9.69 Å². The Kier molecular flexibility index (Phi) is 3.83. The van der Waals surface area contributed by atoms with Gasteiger partial charge >= 0.3 is 4.87 Å². The number of nitrogens with zero attached hydrogens (tertiary/aromatic N) is 2. The highest BCUT2D eigenvalue weighted by molar-refractivity contribution is 7.14. The van der Waals surface area contributed by atoms with Crippen LogP contribution in [0.4, 0.5) is 0 Å². The maximum atomic E-state index is 11.6. The van der Waals surface area contributed by atoms with Crippen molar-refractivity contribution in [3.05, 3.63) is 32.1 Å². The lowest BCUT2D eigenvalue weighted by Crippen LogP contribution is -2.43. The van der Waals surface area contributed by atoms with Gasteiger partial charge in [0.25, 0.3) is 0 Å². The molecule has 0 saturated carbocycles. The van der Waals surface area contributed by atoms with Gasteiger partial charge in [0.2, 0.25) is 0 Å². The molecule has 4 nitrogen and oxygen atoms in total. The zero-order chi connectivity index (χ0) is 13.2. The molecule has 2 aromatic rings. The quantitative estimate of drug-likeness (QED) is 0.940. The highest BCUT2D eigenvalue weighted by atomic mass is 32.1. The van der Waals surface area contributed by atoms with Gasteiger partial charge in [0.1, 0.15) is 0 Å². The lowest BCUT2D eigenvalue weighted by molar-refractivity contribution is 0.149. The van der Waals surface area contributed by atoms with Crippen LogP contribution in [0, 0.1) is 0 Å². The van der Waals surface area contributed by atoms with Crippen LogP contribution in [-0.2, 0) is 6.54 Å². The minimum absolute atomic E-state index is 0.0486. The minimum Gasteiger partial charge on any atom is -0.311 e. The van der Waals surface area contributed by atoms with Gasteiger partial charge in [-0.1, -0.05) is 17.4 Å². The molecular formula is C13H17N3OS2. The Labute approximate surface area is 120 Å². The van der Waals surface area contributed by atoms with Crippen molar-refractivity contribution in [2.75, 3.05) is 33.2 Å². The third-order valence-corrected chi connectivity index (χ3v) is 5.21. The van der Waals surface area contributed by atoms with E-state index < -0.39 is 0 Å². The summed E-state index contributed by atoms with van der Waals surface area (Å²) in [6.07, 6.45) is 0. The van der Waals surface area contributed by atoms with Gasteiger partial charge in [0, 0.05) is 37.6 Å². The van der Waals surface area contributed by atoms with E-state index in [1.165, 1.54) is 11.3 Å². The number of thiophene rings is 1. The second-order valence-corrected chi connectivity index (χ2v) is 6.88. The number of aromatic nitrogens is 1. The molecule has 1 aliphatic rings. The molecule has 0 radical (unpaired) electrons. The molecule has 3 rings (SSSR count). The molecule has 6 heteroatoms. The summed E-state index contributed by atoms with van der Waals surface area (Å²) >= 11 is 3.02. The number of aromatic amines is 1. The zero-order valence-electron chi connectivity index (χ0n) is 10.9. The van der Waals surface area contributed by atoms with Gasteiger partial charge in [-0.2, -0.15) is 0 Å². The number of thiazole rings is 1. The average molecular weight is 295 g/mol. The minimum atomic E-state index is 0.0486. The van der Waals surface area contributed by atoms with Crippen molar-refractivity contribution in [2.24, 2.45) is 0 Å². The molecule has 1 aliphatic heterocycles. The fourth-order valence-electron chi connectivity index (χ4n) is 2.30. The van der Waals surface area contributed by atoms with Gasteiger partial charge in [0.05, 0.1) is 10.6 Å². The summed E-state index contributed by atoms with van der Waals surface area (Å²) in [7, 11) is 2.16. The van der Waals surface area contributed by atoms with Crippen LogP contribution >= 0.6 is 22.7 Å². The average Bonchev–Trinajstić information content (AvgIpc) is 3.01. The molecule has 0 unspecified atom stereocenters. The summed E-state index contributed by atoms with van der Waals surface area (Å²) in [4.78, 5) is 21.8. The van der Waals surface area contributed by atoms with Gasteiger partial charge in [-0.15, -0.1) is 11.3 Å². The van der Waals surface area contributed by atoms with E-state index in [1.807, 2.05) is 11.4 Å². The Morgan fingerprint density at radius 3 is 2.79 bits per heavy atom.